The fourth-order valence-electron chi connectivity index (χ4n) is 3.28. The number of piperidine rings is 2. The van der Waals surface area contributed by atoms with Gasteiger partial charge in [0.15, 0.2) is 0 Å². The maximum Gasteiger partial charge on any atom is 0.226 e. The molecule has 0 aliphatic carbocycles. The molecule has 1 aromatic carbocycles. The van der Waals surface area contributed by atoms with Crippen molar-refractivity contribution in [3.63, 3.8) is 0 Å². The summed E-state index contributed by atoms with van der Waals surface area (Å²) >= 11 is 0. The molecule has 2 aliphatic rings. The second-order valence-corrected chi connectivity index (χ2v) is 6.43. The molecule has 0 saturated carbocycles. The van der Waals surface area contributed by atoms with Crippen molar-refractivity contribution in [3.8, 4) is 0 Å². The van der Waals surface area contributed by atoms with E-state index in [2.05, 4.69) is 10.6 Å². The second kappa shape index (κ2) is 7.59. The van der Waals surface area contributed by atoms with Gasteiger partial charge in [-0.2, -0.15) is 0 Å². The molecule has 2 saturated heterocycles. The van der Waals surface area contributed by atoms with E-state index in [-0.39, 0.29) is 17.7 Å². The van der Waals surface area contributed by atoms with Gasteiger partial charge in [-0.05, 0) is 49.9 Å². The molecule has 3 rings (SSSR count). The molecule has 5 nitrogen and oxygen atoms in total. The zero-order chi connectivity index (χ0) is 16.1. The number of hydrogen-bond acceptors (Lipinski definition) is 3. The molecule has 2 amide bonds. The van der Waals surface area contributed by atoms with Crippen LogP contribution >= 0.6 is 0 Å². The lowest BCUT2D eigenvalue weighted by molar-refractivity contribution is -0.125. The van der Waals surface area contributed by atoms with Crippen LogP contribution in [-0.4, -0.2) is 31.4 Å². The Kier molecular flexibility index (Phi) is 5.28. The summed E-state index contributed by atoms with van der Waals surface area (Å²) in [5, 5.41) is 6.28. The molecule has 23 heavy (non-hydrogen) atoms. The van der Waals surface area contributed by atoms with Crippen molar-refractivity contribution in [2.45, 2.75) is 38.6 Å². The van der Waals surface area contributed by atoms with Crippen LogP contribution in [0.25, 0.3) is 0 Å². The van der Waals surface area contributed by atoms with Crippen LogP contribution in [-0.2, 0) is 16.1 Å². The van der Waals surface area contributed by atoms with Crippen molar-refractivity contribution < 1.29 is 9.59 Å². The van der Waals surface area contributed by atoms with Gasteiger partial charge in [-0.3, -0.25) is 9.59 Å². The van der Waals surface area contributed by atoms with Gasteiger partial charge in [-0.25, -0.2) is 0 Å². The van der Waals surface area contributed by atoms with Crippen LogP contribution in [0.3, 0.4) is 0 Å². The van der Waals surface area contributed by atoms with Gasteiger partial charge in [0.05, 0.1) is 5.92 Å². The Morgan fingerprint density at radius 3 is 2.74 bits per heavy atom. The number of amides is 2. The summed E-state index contributed by atoms with van der Waals surface area (Å²) in [6.45, 7) is 3.15. The quantitative estimate of drug-likeness (QED) is 0.891. The van der Waals surface area contributed by atoms with E-state index in [0.29, 0.717) is 13.0 Å². The summed E-state index contributed by atoms with van der Waals surface area (Å²) in [6, 6.07) is 7.95. The van der Waals surface area contributed by atoms with Crippen molar-refractivity contribution in [2.75, 3.05) is 24.5 Å². The Bertz CT molecular complexity index is 550. The highest BCUT2D eigenvalue weighted by molar-refractivity contribution is 5.93. The first-order valence-electron chi connectivity index (χ1n) is 8.62. The lowest BCUT2D eigenvalue weighted by atomic mass is 9.99. The molecule has 0 bridgehead atoms. The van der Waals surface area contributed by atoms with Crippen molar-refractivity contribution in [3.05, 3.63) is 29.8 Å². The Morgan fingerprint density at radius 2 is 2.04 bits per heavy atom. The van der Waals surface area contributed by atoms with E-state index in [4.69, 9.17) is 0 Å². The molecule has 2 fully saturated rings. The van der Waals surface area contributed by atoms with Crippen LogP contribution in [0.15, 0.2) is 24.3 Å². The van der Waals surface area contributed by atoms with Gasteiger partial charge in [-0.15, -0.1) is 0 Å². The summed E-state index contributed by atoms with van der Waals surface area (Å²) in [5.41, 5.74) is 2.02. The van der Waals surface area contributed by atoms with E-state index < -0.39 is 0 Å². The first-order chi connectivity index (χ1) is 11.2. The Hall–Kier alpha value is -1.88. The number of nitrogens with one attached hydrogen (secondary N) is 2. The maximum atomic E-state index is 12.1. The van der Waals surface area contributed by atoms with E-state index in [1.807, 2.05) is 29.2 Å². The molecule has 124 valence electrons. The van der Waals surface area contributed by atoms with Gasteiger partial charge >= 0.3 is 0 Å². The molecule has 1 aromatic rings. The SMILES string of the molecule is O=C(NCc1ccc(N2CCCCC2=O)cc1)C1CCCNC1. The predicted octanol–water partition coefficient (Wildman–Crippen LogP) is 1.82. The number of hydrogen-bond donors (Lipinski definition) is 2. The minimum Gasteiger partial charge on any atom is -0.352 e. The highest BCUT2D eigenvalue weighted by Gasteiger charge is 2.21. The molecule has 0 aromatic heterocycles. The molecule has 5 heteroatoms. The summed E-state index contributed by atoms with van der Waals surface area (Å²) < 4.78 is 0. The number of nitrogens with zero attached hydrogens (tertiary/aromatic N) is 1. The average Bonchev–Trinajstić information content (AvgIpc) is 2.61. The van der Waals surface area contributed by atoms with Crippen LogP contribution in [0.2, 0.25) is 0 Å². The van der Waals surface area contributed by atoms with Crippen molar-refractivity contribution >= 4 is 17.5 Å². The number of rotatable bonds is 4. The lowest BCUT2D eigenvalue weighted by Gasteiger charge is -2.27. The molecule has 2 heterocycles. The maximum absolute atomic E-state index is 12.1. The summed E-state index contributed by atoms with van der Waals surface area (Å²) in [4.78, 5) is 25.9. The van der Waals surface area contributed by atoms with E-state index in [0.717, 1.165) is 56.6 Å². The number of carbonyl (C=O) groups is 2. The van der Waals surface area contributed by atoms with Crippen LogP contribution in [0, 0.1) is 5.92 Å². The van der Waals surface area contributed by atoms with Crippen LogP contribution in [0.5, 0.6) is 0 Å². The van der Waals surface area contributed by atoms with Gasteiger partial charge in [0, 0.05) is 31.7 Å². The topological polar surface area (TPSA) is 61.4 Å². The Labute approximate surface area is 137 Å². The molecular formula is C18H25N3O2. The minimum absolute atomic E-state index is 0.0917. The molecule has 1 atom stereocenters. The number of benzene rings is 1. The zero-order valence-corrected chi connectivity index (χ0v) is 13.5. The van der Waals surface area contributed by atoms with Gasteiger partial charge in [-0.1, -0.05) is 12.1 Å². The monoisotopic (exact) mass is 315 g/mol. The predicted molar refractivity (Wildman–Crippen MR) is 90.1 cm³/mol. The number of anilines is 1. The van der Waals surface area contributed by atoms with Crippen molar-refractivity contribution in [1.29, 1.82) is 0 Å². The number of carbonyl (C=O) groups excluding carboxylic acids is 2. The first kappa shape index (κ1) is 16.0. The summed E-state index contributed by atoms with van der Waals surface area (Å²) in [5.74, 6) is 0.434. The third kappa shape index (κ3) is 4.10. The summed E-state index contributed by atoms with van der Waals surface area (Å²) in [7, 11) is 0. The lowest BCUT2D eigenvalue weighted by Crippen LogP contribution is -2.40. The van der Waals surface area contributed by atoms with Gasteiger partial charge in [0.1, 0.15) is 0 Å². The molecule has 2 N–H and O–H groups in total. The molecule has 0 spiro atoms. The highest BCUT2D eigenvalue weighted by atomic mass is 16.2. The highest BCUT2D eigenvalue weighted by Crippen LogP contribution is 2.21. The molecule has 2 aliphatic heterocycles. The largest absolute Gasteiger partial charge is 0.352 e. The van der Waals surface area contributed by atoms with E-state index >= 15 is 0 Å². The normalized spacial score (nSPS) is 22.0. The standard InChI is InChI=1S/C18H25N3O2/c22-17-5-1-2-11-21(17)16-8-6-14(7-9-16)12-20-18(23)15-4-3-10-19-13-15/h6-9,15,19H,1-5,10-13H2,(H,20,23). The Morgan fingerprint density at radius 1 is 1.22 bits per heavy atom. The molecule has 0 radical (unpaired) electrons. The van der Waals surface area contributed by atoms with Gasteiger partial charge in [0.25, 0.3) is 0 Å². The van der Waals surface area contributed by atoms with Crippen LogP contribution < -0.4 is 15.5 Å². The van der Waals surface area contributed by atoms with E-state index in [1.165, 1.54) is 0 Å². The Balaban J connectivity index is 1.53. The van der Waals surface area contributed by atoms with Gasteiger partial charge < -0.3 is 15.5 Å². The first-order valence-corrected chi connectivity index (χ1v) is 8.62. The van der Waals surface area contributed by atoms with Crippen molar-refractivity contribution in [1.82, 2.24) is 10.6 Å². The fourth-order valence-corrected chi connectivity index (χ4v) is 3.28. The average molecular weight is 315 g/mol. The smallest absolute Gasteiger partial charge is 0.226 e. The van der Waals surface area contributed by atoms with E-state index in [1.54, 1.807) is 0 Å². The molecule has 1 unspecified atom stereocenters. The molecular weight excluding hydrogens is 290 g/mol. The summed E-state index contributed by atoms with van der Waals surface area (Å²) in [6.07, 6.45) is 4.74. The minimum atomic E-state index is 0.0917. The third-order valence-corrected chi connectivity index (χ3v) is 4.71. The van der Waals surface area contributed by atoms with Crippen molar-refractivity contribution in [2.24, 2.45) is 5.92 Å². The van der Waals surface area contributed by atoms with Crippen LogP contribution in [0.4, 0.5) is 5.69 Å². The van der Waals surface area contributed by atoms with E-state index in [9.17, 15) is 9.59 Å². The van der Waals surface area contributed by atoms with Gasteiger partial charge in [0.2, 0.25) is 11.8 Å². The van der Waals surface area contributed by atoms with Crippen LogP contribution in [0.1, 0.15) is 37.7 Å². The second-order valence-electron chi connectivity index (χ2n) is 6.43. The zero-order valence-electron chi connectivity index (χ0n) is 13.5. The fraction of sp³-hybridized carbons (Fsp3) is 0.556. The third-order valence-electron chi connectivity index (χ3n) is 4.71.